The molecular weight excluding hydrogens is 421 g/mol. The standard InChI is InChI=1S/C26H24FN3O3/c27-22-11-9-20(10-12-22)23-16-24(31)30(26(33)29-23)17-19-7-4-8-21(15-19)25(32)28-14-13-18-5-2-1-3-6-18/h1-12,15,23H,13-14,16-17H2,(H,28,32)(H,29,33)/t23-/m1/s1. The Labute approximate surface area is 191 Å². The molecule has 0 aliphatic carbocycles. The lowest BCUT2D eigenvalue weighted by molar-refractivity contribution is -0.130. The van der Waals surface area contributed by atoms with Crippen molar-refractivity contribution >= 4 is 17.8 Å². The summed E-state index contributed by atoms with van der Waals surface area (Å²) in [5, 5.41) is 5.70. The van der Waals surface area contributed by atoms with Crippen LogP contribution in [-0.2, 0) is 17.8 Å². The van der Waals surface area contributed by atoms with Crippen molar-refractivity contribution in [1.29, 1.82) is 0 Å². The number of hydrogen-bond acceptors (Lipinski definition) is 3. The molecule has 168 valence electrons. The van der Waals surface area contributed by atoms with E-state index in [0.717, 1.165) is 16.9 Å². The van der Waals surface area contributed by atoms with E-state index in [-0.39, 0.29) is 30.6 Å². The van der Waals surface area contributed by atoms with Gasteiger partial charge >= 0.3 is 6.03 Å². The normalized spacial score (nSPS) is 15.8. The lowest BCUT2D eigenvalue weighted by Crippen LogP contribution is -2.50. The van der Waals surface area contributed by atoms with Crippen LogP contribution in [0.5, 0.6) is 0 Å². The fourth-order valence-corrected chi connectivity index (χ4v) is 3.79. The van der Waals surface area contributed by atoms with Crippen LogP contribution in [-0.4, -0.2) is 29.3 Å². The van der Waals surface area contributed by atoms with E-state index >= 15 is 0 Å². The Kier molecular flexibility index (Phi) is 6.78. The molecule has 4 rings (SSSR count). The smallest absolute Gasteiger partial charge is 0.324 e. The zero-order chi connectivity index (χ0) is 23.2. The fraction of sp³-hybridized carbons (Fsp3) is 0.192. The van der Waals surface area contributed by atoms with Gasteiger partial charge in [-0.25, -0.2) is 9.18 Å². The first-order valence-electron chi connectivity index (χ1n) is 10.8. The number of benzene rings is 3. The number of carbonyl (C=O) groups is 3. The fourth-order valence-electron chi connectivity index (χ4n) is 3.79. The number of urea groups is 1. The lowest BCUT2D eigenvalue weighted by Gasteiger charge is -2.31. The number of carbonyl (C=O) groups excluding carboxylic acids is 3. The second kappa shape index (κ2) is 10.1. The average Bonchev–Trinajstić information content (AvgIpc) is 2.82. The minimum absolute atomic E-state index is 0.0614. The molecule has 4 amide bonds. The molecule has 0 radical (unpaired) electrons. The molecule has 1 aliphatic rings. The van der Waals surface area contributed by atoms with Gasteiger partial charge in [-0.3, -0.25) is 14.5 Å². The second-order valence-corrected chi connectivity index (χ2v) is 7.93. The Balaban J connectivity index is 1.35. The van der Waals surface area contributed by atoms with Crippen LogP contribution >= 0.6 is 0 Å². The van der Waals surface area contributed by atoms with Gasteiger partial charge in [-0.2, -0.15) is 0 Å². The van der Waals surface area contributed by atoms with Crippen LogP contribution in [0.1, 0.15) is 39.5 Å². The zero-order valence-electron chi connectivity index (χ0n) is 18.0. The van der Waals surface area contributed by atoms with Crippen LogP contribution < -0.4 is 10.6 Å². The van der Waals surface area contributed by atoms with Gasteiger partial charge in [0.05, 0.1) is 19.0 Å². The maximum absolute atomic E-state index is 13.2. The summed E-state index contributed by atoms with van der Waals surface area (Å²) < 4.78 is 13.2. The zero-order valence-corrected chi connectivity index (χ0v) is 18.0. The van der Waals surface area contributed by atoms with Crippen LogP contribution in [0.25, 0.3) is 0 Å². The van der Waals surface area contributed by atoms with E-state index in [9.17, 15) is 18.8 Å². The summed E-state index contributed by atoms with van der Waals surface area (Å²) in [5.74, 6) is -0.915. The Bertz CT molecular complexity index is 1130. The van der Waals surface area contributed by atoms with Gasteiger partial charge in [0.15, 0.2) is 0 Å². The van der Waals surface area contributed by atoms with Gasteiger partial charge in [-0.05, 0) is 47.4 Å². The third-order valence-corrected chi connectivity index (χ3v) is 5.57. The van der Waals surface area contributed by atoms with Crippen molar-refractivity contribution in [2.24, 2.45) is 0 Å². The predicted molar refractivity (Wildman–Crippen MR) is 122 cm³/mol. The first kappa shape index (κ1) is 22.2. The molecule has 0 bridgehead atoms. The van der Waals surface area contributed by atoms with Crippen LogP contribution in [0.15, 0.2) is 78.9 Å². The first-order chi connectivity index (χ1) is 16.0. The number of imide groups is 1. The van der Waals surface area contributed by atoms with Gasteiger partial charge in [0.25, 0.3) is 5.91 Å². The number of nitrogens with one attached hydrogen (secondary N) is 2. The molecular formula is C26H24FN3O3. The quantitative estimate of drug-likeness (QED) is 0.577. The van der Waals surface area contributed by atoms with E-state index in [2.05, 4.69) is 10.6 Å². The second-order valence-electron chi connectivity index (χ2n) is 7.93. The molecule has 1 heterocycles. The summed E-state index contributed by atoms with van der Waals surface area (Å²) in [6.45, 7) is 0.566. The van der Waals surface area contributed by atoms with Crippen LogP contribution in [0.3, 0.4) is 0 Å². The number of hydrogen-bond donors (Lipinski definition) is 2. The highest BCUT2D eigenvalue weighted by molar-refractivity contribution is 5.97. The third-order valence-electron chi connectivity index (χ3n) is 5.57. The molecule has 33 heavy (non-hydrogen) atoms. The van der Waals surface area contributed by atoms with E-state index in [4.69, 9.17) is 0 Å². The van der Waals surface area contributed by atoms with Crippen molar-refractivity contribution in [2.45, 2.75) is 25.4 Å². The van der Waals surface area contributed by atoms with E-state index in [1.54, 1.807) is 36.4 Å². The highest BCUT2D eigenvalue weighted by atomic mass is 19.1. The molecule has 1 atom stereocenters. The maximum Gasteiger partial charge on any atom is 0.324 e. The highest BCUT2D eigenvalue weighted by Gasteiger charge is 2.32. The lowest BCUT2D eigenvalue weighted by atomic mass is 10.0. The molecule has 3 aromatic carbocycles. The number of amides is 4. The van der Waals surface area contributed by atoms with Crippen molar-refractivity contribution in [3.05, 3.63) is 107 Å². The van der Waals surface area contributed by atoms with Crippen molar-refractivity contribution in [2.75, 3.05) is 6.54 Å². The molecule has 7 heteroatoms. The topological polar surface area (TPSA) is 78.5 Å². The van der Waals surface area contributed by atoms with Crippen molar-refractivity contribution in [3.63, 3.8) is 0 Å². The Hall–Kier alpha value is -4.00. The van der Waals surface area contributed by atoms with Gasteiger partial charge < -0.3 is 10.6 Å². The summed E-state index contributed by atoms with van der Waals surface area (Å²) in [7, 11) is 0. The van der Waals surface area contributed by atoms with Crippen LogP contribution in [0, 0.1) is 5.82 Å². The molecule has 0 saturated carbocycles. The predicted octanol–water partition coefficient (Wildman–Crippen LogP) is 3.98. The van der Waals surface area contributed by atoms with E-state index in [1.165, 1.54) is 12.1 Å². The van der Waals surface area contributed by atoms with Crippen LogP contribution in [0.2, 0.25) is 0 Å². The number of halogens is 1. The molecule has 0 aromatic heterocycles. The van der Waals surface area contributed by atoms with E-state index in [1.807, 2.05) is 30.3 Å². The van der Waals surface area contributed by atoms with Gasteiger partial charge in [0.2, 0.25) is 5.91 Å². The van der Waals surface area contributed by atoms with Crippen molar-refractivity contribution < 1.29 is 18.8 Å². The number of nitrogens with zero attached hydrogens (tertiary/aromatic N) is 1. The Morgan fingerprint density at radius 3 is 2.42 bits per heavy atom. The van der Waals surface area contributed by atoms with Gasteiger partial charge in [0, 0.05) is 12.1 Å². The summed E-state index contributed by atoms with van der Waals surface area (Å²) in [4.78, 5) is 38.9. The minimum Gasteiger partial charge on any atom is -0.352 e. The van der Waals surface area contributed by atoms with Gasteiger partial charge in [-0.15, -0.1) is 0 Å². The first-order valence-corrected chi connectivity index (χ1v) is 10.8. The average molecular weight is 445 g/mol. The molecule has 6 nitrogen and oxygen atoms in total. The minimum atomic E-state index is -0.515. The van der Waals surface area contributed by atoms with Crippen molar-refractivity contribution in [3.8, 4) is 0 Å². The molecule has 3 aromatic rings. The molecule has 1 aliphatic heterocycles. The summed E-state index contributed by atoms with van der Waals surface area (Å²) in [6.07, 6.45) is 0.807. The largest absolute Gasteiger partial charge is 0.352 e. The Morgan fingerprint density at radius 1 is 0.970 bits per heavy atom. The molecule has 1 saturated heterocycles. The SMILES string of the molecule is O=C(NCCc1ccccc1)c1cccc(CN2C(=O)C[C@H](c3ccc(F)cc3)NC2=O)c1. The summed E-state index contributed by atoms with van der Waals surface area (Å²) in [6, 6.07) is 21.5. The van der Waals surface area contributed by atoms with E-state index < -0.39 is 12.1 Å². The van der Waals surface area contributed by atoms with Crippen LogP contribution in [0.4, 0.5) is 9.18 Å². The molecule has 0 unspecified atom stereocenters. The molecule has 2 N–H and O–H groups in total. The van der Waals surface area contributed by atoms with Gasteiger partial charge in [0.1, 0.15) is 5.82 Å². The van der Waals surface area contributed by atoms with Crippen molar-refractivity contribution in [1.82, 2.24) is 15.5 Å². The van der Waals surface area contributed by atoms with E-state index in [0.29, 0.717) is 23.2 Å². The number of rotatable bonds is 7. The van der Waals surface area contributed by atoms with Gasteiger partial charge in [-0.1, -0.05) is 54.6 Å². The Morgan fingerprint density at radius 2 is 1.70 bits per heavy atom. The summed E-state index contributed by atoms with van der Waals surface area (Å²) in [5.41, 5.74) is 2.95. The monoisotopic (exact) mass is 445 g/mol. The highest BCUT2D eigenvalue weighted by Crippen LogP contribution is 2.24. The maximum atomic E-state index is 13.2. The molecule has 1 fully saturated rings. The molecule has 0 spiro atoms. The summed E-state index contributed by atoms with van der Waals surface area (Å²) >= 11 is 0. The third kappa shape index (κ3) is 5.63.